The van der Waals surface area contributed by atoms with Gasteiger partial charge in [-0.05, 0) is 43.4 Å². The quantitative estimate of drug-likeness (QED) is 0.845. The van der Waals surface area contributed by atoms with Gasteiger partial charge < -0.3 is 5.73 Å². The van der Waals surface area contributed by atoms with E-state index in [2.05, 4.69) is 41.1 Å². The van der Waals surface area contributed by atoms with Crippen molar-refractivity contribution in [2.75, 3.05) is 0 Å². The Morgan fingerprint density at radius 3 is 2.77 bits per heavy atom. The summed E-state index contributed by atoms with van der Waals surface area (Å²) in [6.45, 7) is 2.14. The Kier molecular flexibility index (Phi) is 2.20. The maximum absolute atomic E-state index is 6.08. The average Bonchev–Trinajstić information content (AvgIpc) is 2.78. The van der Waals surface area contributed by atoms with Gasteiger partial charge in [0.25, 0.3) is 0 Å². The predicted octanol–water partition coefficient (Wildman–Crippen LogP) is 2.79. The zero-order valence-electron chi connectivity index (χ0n) is 7.81. The first-order chi connectivity index (χ1) is 6.11. The Bertz CT molecular complexity index is 329. The molecule has 70 valence electrons. The van der Waals surface area contributed by atoms with Crippen LogP contribution in [0.15, 0.2) is 22.7 Å². The van der Waals surface area contributed by atoms with E-state index in [0.29, 0.717) is 0 Å². The molecule has 0 bridgehead atoms. The summed E-state index contributed by atoms with van der Waals surface area (Å²) in [7, 11) is 0. The Hall–Kier alpha value is -0.340. The third-order valence-corrected chi connectivity index (χ3v) is 3.67. The zero-order chi connectivity index (χ0) is 9.47. The van der Waals surface area contributed by atoms with Crippen molar-refractivity contribution in [3.8, 4) is 0 Å². The fourth-order valence-electron chi connectivity index (χ4n) is 1.56. The van der Waals surface area contributed by atoms with Crippen molar-refractivity contribution in [3.63, 3.8) is 0 Å². The molecule has 0 aliphatic heterocycles. The van der Waals surface area contributed by atoms with Crippen LogP contribution < -0.4 is 5.73 Å². The van der Waals surface area contributed by atoms with Crippen molar-refractivity contribution in [2.45, 2.75) is 31.7 Å². The minimum absolute atomic E-state index is 0.117. The molecule has 1 aliphatic carbocycles. The highest BCUT2D eigenvalue weighted by molar-refractivity contribution is 9.10. The topological polar surface area (TPSA) is 26.0 Å². The molecule has 1 aromatic carbocycles. The van der Waals surface area contributed by atoms with E-state index in [1.54, 1.807) is 0 Å². The van der Waals surface area contributed by atoms with E-state index in [4.69, 9.17) is 5.73 Å². The molecule has 13 heavy (non-hydrogen) atoms. The van der Waals surface area contributed by atoms with Gasteiger partial charge in [-0.2, -0.15) is 0 Å². The second kappa shape index (κ2) is 3.10. The number of hydrogen-bond acceptors (Lipinski definition) is 1. The second-order valence-corrected chi connectivity index (χ2v) is 4.92. The van der Waals surface area contributed by atoms with E-state index in [1.807, 2.05) is 0 Å². The summed E-state index contributed by atoms with van der Waals surface area (Å²) < 4.78 is 1.19. The van der Waals surface area contributed by atoms with Crippen molar-refractivity contribution in [1.29, 1.82) is 0 Å². The smallest absolute Gasteiger partial charge is 0.0207 e. The summed E-state index contributed by atoms with van der Waals surface area (Å²) in [5.41, 5.74) is 8.92. The SMILES string of the molecule is Cc1c(Br)cccc1CC1(N)CC1. The Morgan fingerprint density at radius 2 is 2.15 bits per heavy atom. The van der Waals surface area contributed by atoms with Crippen LogP contribution in [0.3, 0.4) is 0 Å². The van der Waals surface area contributed by atoms with E-state index in [0.717, 1.165) is 6.42 Å². The van der Waals surface area contributed by atoms with Gasteiger partial charge in [0.05, 0.1) is 0 Å². The molecule has 0 spiro atoms. The molecule has 0 saturated heterocycles. The Labute approximate surface area is 87.5 Å². The molecule has 2 N–H and O–H groups in total. The van der Waals surface area contributed by atoms with E-state index >= 15 is 0 Å². The fourth-order valence-corrected chi connectivity index (χ4v) is 1.97. The van der Waals surface area contributed by atoms with Crippen molar-refractivity contribution < 1.29 is 0 Å². The lowest BCUT2D eigenvalue weighted by Crippen LogP contribution is -2.24. The molecular formula is C11H14BrN. The average molecular weight is 240 g/mol. The minimum atomic E-state index is 0.117. The zero-order valence-corrected chi connectivity index (χ0v) is 9.39. The number of benzene rings is 1. The molecule has 0 aromatic heterocycles. The highest BCUT2D eigenvalue weighted by Gasteiger charge is 2.38. The molecule has 1 aliphatic rings. The minimum Gasteiger partial charge on any atom is -0.325 e. The number of rotatable bonds is 2. The Balaban J connectivity index is 2.25. The molecule has 0 amide bonds. The van der Waals surface area contributed by atoms with Crippen LogP contribution in [0, 0.1) is 6.92 Å². The van der Waals surface area contributed by atoms with Gasteiger partial charge in [0.1, 0.15) is 0 Å². The lowest BCUT2D eigenvalue weighted by atomic mass is 10.0. The number of nitrogens with two attached hydrogens (primary N) is 1. The van der Waals surface area contributed by atoms with E-state index in [-0.39, 0.29) is 5.54 Å². The molecule has 0 unspecified atom stereocenters. The second-order valence-electron chi connectivity index (χ2n) is 4.06. The molecule has 1 saturated carbocycles. The third-order valence-electron chi connectivity index (χ3n) is 2.81. The molecule has 1 fully saturated rings. The van der Waals surface area contributed by atoms with Gasteiger partial charge in [-0.15, -0.1) is 0 Å². The lowest BCUT2D eigenvalue weighted by Gasteiger charge is -2.11. The Morgan fingerprint density at radius 1 is 1.46 bits per heavy atom. The molecule has 0 heterocycles. The van der Waals surface area contributed by atoms with Crippen LogP contribution >= 0.6 is 15.9 Å². The van der Waals surface area contributed by atoms with Crippen LogP contribution in [0.25, 0.3) is 0 Å². The van der Waals surface area contributed by atoms with E-state index < -0.39 is 0 Å². The number of hydrogen-bond donors (Lipinski definition) is 1. The summed E-state index contributed by atoms with van der Waals surface area (Å²) in [5.74, 6) is 0. The van der Waals surface area contributed by atoms with Crippen molar-refractivity contribution >= 4 is 15.9 Å². The van der Waals surface area contributed by atoms with Crippen LogP contribution in [0.4, 0.5) is 0 Å². The third kappa shape index (κ3) is 1.94. The van der Waals surface area contributed by atoms with Crippen LogP contribution in [0.5, 0.6) is 0 Å². The van der Waals surface area contributed by atoms with Crippen LogP contribution in [0.2, 0.25) is 0 Å². The van der Waals surface area contributed by atoms with Gasteiger partial charge in [-0.25, -0.2) is 0 Å². The van der Waals surface area contributed by atoms with Crippen molar-refractivity contribution in [2.24, 2.45) is 5.73 Å². The van der Waals surface area contributed by atoms with Gasteiger partial charge in [-0.3, -0.25) is 0 Å². The molecule has 2 rings (SSSR count). The summed E-state index contributed by atoms with van der Waals surface area (Å²) in [5, 5.41) is 0. The standard InChI is InChI=1S/C11H14BrN/c1-8-9(3-2-4-10(8)12)7-11(13)5-6-11/h2-4H,5-7,13H2,1H3. The van der Waals surface area contributed by atoms with E-state index in [1.165, 1.54) is 28.4 Å². The summed E-state index contributed by atoms with van der Waals surface area (Å²) in [6, 6.07) is 6.33. The first kappa shape index (κ1) is 9.22. The van der Waals surface area contributed by atoms with Gasteiger partial charge >= 0.3 is 0 Å². The normalized spacial score (nSPS) is 18.7. The summed E-state index contributed by atoms with van der Waals surface area (Å²) >= 11 is 3.53. The highest BCUT2D eigenvalue weighted by Crippen LogP contribution is 2.36. The maximum Gasteiger partial charge on any atom is 0.0207 e. The van der Waals surface area contributed by atoms with Gasteiger partial charge in [-0.1, -0.05) is 28.1 Å². The van der Waals surface area contributed by atoms with Crippen molar-refractivity contribution in [1.82, 2.24) is 0 Å². The van der Waals surface area contributed by atoms with Crippen LogP contribution in [-0.4, -0.2) is 5.54 Å². The molecule has 1 aromatic rings. The summed E-state index contributed by atoms with van der Waals surface area (Å²) in [4.78, 5) is 0. The van der Waals surface area contributed by atoms with Gasteiger partial charge in [0.15, 0.2) is 0 Å². The lowest BCUT2D eigenvalue weighted by molar-refractivity contribution is 0.669. The molecular weight excluding hydrogens is 226 g/mol. The first-order valence-electron chi connectivity index (χ1n) is 4.64. The fraction of sp³-hybridized carbons (Fsp3) is 0.455. The maximum atomic E-state index is 6.08. The first-order valence-corrected chi connectivity index (χ1v) is 5.43. The largest absolute Gasteiger partial charge is 0.325 e. The molecule has 2 heteroatoms. The van der Waals surface area contributed by atoms with Crippen LogP contribution in [-0.2, 0) is 6.42 Å². The van der Waals surface area contributed by atoms with Gasteiger partial charge in [0, 0.05) is 10.0 Å². The van der Waals surface area contributed by atoms with Gasteiger partial charge in [0.2, 0.25) is 0 Å². The summed E-state index contributed by atoms with van der Waals surface area (Å²) in [6.07, 6.45) is 3.39. The monoisotopic (exact) mass is 239 g/mol. The van der Waals surface area contributed by atoms with Crippen molar-refractivity contribution in [3.05, 3.63) is 33.8 Å². The van der Waals surface area contributed by atoms with Crippen LogP contribution in [0.1, 0.15) is 24.0 Å². The number of halogens is 1. The molecule has 0 radical (unpaired) electrons. The highest BCUT2D eigenvalue weighted by atomic mass is 79.9. The molecule has 1 nitrogen and oxygen atoms in total. The predicted molar refractivity (Wildman–Crippen MR) is 58.7 cm³/mol. The molecule has 0 atom stereocenters. The van der Waals surface area contributed by atoms with E-state index in [9.17, 15) is 0 Å².